The largest absolute Gasteiger partial charge is 0.388 e. The van der Waals surface area contributed by atoms with Gasteiger partial charge in [0, 0.05) is 41.5 Å². The number of carbonyl (C=O) groups excluding carboxylic acids is 3. The lowest BCUT2D eigenvalue weighted by Gasteiger charge is -2.24. The molecule has 0 aromatic heterocycles. The van der Waals surface area contributed by atoms with Gasteiger partial charge in [0.15, 0.2) is 0 Å². The topological polar surface area (TPSA) is 81.2 Å². The summed E-state index contributed by atoms with van der Waals surface area (Å²) in [5, 5.41) is 11.0. The van der Waals surface area contributed by atoms with E-state index in [0.717, 1.165) is 11.1 Å². The predicted octanol–water partition coefficient (Wildman–Crippen LogP) is 4.98. The zero-order valence-corrected chi connectivity index (χ0v) is 22.5. The standard InChI is InChI=1S/C31H30ClN3O4/c1-2-28(36)24-9-10-25-19-34(31(39)23-11-13-26(32)14-12-23)20-29(37)35(27(25)17-24)18-21-5-7-22(8-6-21)30(38)33-15-3-4-16-33/h3-14,17,28,36H,2,15-16,18-20H2,1H3. The van der Waals surface area contributed by atoms with Crippen molar-refractivity contribution in [2.75, 3.05) is 24.5 Å². The number of anilines is 1. The number of fused-ring (bicyclic) bond motifs is 1. The smallest absolute Gasteiger partial charge is 0.254 e. The van der Waals surface area contributed by atoms with E-state index in [4.69, 9.17) is 11.6 Å². The minimum absolute atomic E-state index is 0.0303. The van der Waals surface area contributed by atoms with Gasteiger partial charge in [-0.3, -0.25) is 14.4 Å². The summed E-state index contributed by atoms with van der Waals surface area (Å²) in [4.78, 5) is 44.7. The van der Waals surface area contributed by atoms with Crippen molar-refractivity contribution >= 4 is 35.0 Å². The molecular formula is C31H30ClN3O4. The Balaban J connectivity index is 1.44. The van der Waals surface area contributed by atoms with Gasteiger partial charge in [-0.2, -0.15) is 0 Å². The molecule has 39 heavy (non-hydrogen) atoms. The van der Waals surface area contributed by atoms with Crippen LogP contribution in [0.2, 0.25) is 5.02 Å². The molecule has 0 fully saturated rings. The van der Waals surface area contributed by atoms with E-state index in [1.54, 1.807) is 46.2 Å². The Hall–Kier alpha value is -3.94. The number of hydrogen-bond donors (Lipinski definition) is 1. The number of halogens is 1. The van der Waals surface area contributed by atoms with Gasteiger partial charge in [0.05, 0.1) is 12.6 Å². The fraction of sp³-hybridized carbons (Fsp3) is 0.258. The van der Waals surface area contributed by atoms with Crippen molar-refractivity contribution in [1.82, 2.24) is 9.80 Å². The highest BCUT2D eigenvalue weighted by Gasteiger charge is 2.30. The Morgan fingerprint density at radius 3 is 2.13 bits per heavy atom. The fourth-order valence-corrected chi connectivity index (χ4v) is 5.03. The summed E-state index contributed by atoms with van der Waals surface area (Å²) in [6.45, 7) is 3.53. The maximum absolute atomic E-state index is 13.7. The first-order chi connectivity index (χ1) is 18.8. The lowest BCUT2D eigenvalue weighted by atomic mass is 10.0. The van der Waals surface area contributed by atoms with Crippen LogP contribution in [0.5, 0.6) is 0 Å². The molecular weight excluding hydrogens is 514 g/mol. The van der Waals surface area contributed by atoms with Gasteiger partial charge in [-0.1, -0.05) is 54.9 Å². The van der Waals surface area contributed by atoms with Gasteiger partial charge in [0.1, 0.15) is 6.54 Å². The van der Waals surface area contributed by atoms with Crippen LogP contribution in [0.1, 0.15) is 56.9 Å². The number of aliphatic hydroxyl groups is 1. The predicted molar refractivity (Wildman–Crippen MR) is 151 cm³/mol. The van der Waals surface area contributed by atoms with Gasteiger partial charge >= 0.3 is 0 Å². The average molecular weight is 544 g/mol. The number of benzene rings is 3. The van der Waals surface area contributed by atoms with E-state index in [0.29, 0.717) is 46.9 Å². The van der Waals surface area contributed by atoms with Crippen molar-refractivity contribution in [3.05, 3.63) is 112 Å². The molecule has 8 heteroatoms. The van der Waals surface area contributed by atoms with Gasteiger partial charge in [-0.15, -0.1) is 0 Å². The van der Waals surface area contributed by atoms with E-state index in [9.17, 15) is 19.5 Å². The maximum Gasteiger partial charge on any atom is 0.254 e. The second kappa shape index (κ2) is 11.4. The van der Waals surface area contributed by atoms with Crippen molar-refractivity contribution in [2.45, 2.75) is 32.5 Å². The number of amides is 3. The van der Waals surface area contributed by atoms with Crippen LogP contribution < -0.4 is 4.90 Å². The van der Waals surface area contributed by atoms with Gasteiger partial charge in [-0.05, 0) is 65.6 Å². The molecule has 7 nitrogen and oxygen atoms in total. The highest BCUT2D eigenvalue weighted by molar-refractivity contribution is 6.30. The summed E-state index contributed by atoms with van der Waals surface area (Å²) in [7, 11) is 0. The molecule has 2 aliphatic heterocycles. The third-order valence-electron chi connectivity index (χ3n) is 7.19. The molecule has 1 atom stereocenters. The molecule has 1 unspecified atom stereocenters. The highest BCUT2D eigenvalue weighted by atomic mass is 35.5. The van der Waals surface area contributed by atoms with Gasteiger partial charge in [0.2, 0.25) is 5.91 Å². The molecule has 0 radical (unpaired) electrons. The molecule has 1 N–H and O–H groups in total. The van der Waals surface area contributed by atoms with Crippen LogP contribution in [-0.2, 0) is 17.9 Å². The normalized spacial score (nSPS) is 15.8. The van der Waals surface area contributed by atoms with E-state index < -0.39 is 6.10 Å². The average Bonchev–Trinajstić information content (AvgIpc) is 3.46. The molecule has 200 valence electrons. The highest BCUT2D eigenvalue weighted by Crippen LogP contribution is 2.32. The number of carbonyl (C=O) groups is 3. The molecule has 3 amide bonds. The van der Waals surface area contributed by atoms with Crippen LogP contribution >= 0.6 is 11.6 Å². The summed E-state index contributed by atoms with van der Waals surface area (Å²) in [6, 6.07) is 19.5. The molecule has 3 aromatic rings. The Morgan fingerprint density at radius 2 is 1.49 bits per heavy atom. The molecule has 2 heterocycles. The van der Waals surface area contributed by atoms with Crippen LogP contribution in [-0.4, -0.2) is 52.3 Å². The summed E-state index contributed by atoms with van der Waals surface area (Å²) >= 11 is 6.00. The molecule has 0 aliphatic carbocycles. The van der Waals surface area contributed by atoms with E-state index in [1.165, 1.54) is 4.90 Å². The third-order valence-corrected chi connectivity index (χ3v) is 7.44. The van der Waals surface area contributed by atoms with Crippen molar-refractivity contribution in [3.8, 4) is 0 Å². The molecule has 0 bridgehead atoms. The lowest BCUT2D eigenvalue weighted by molar-refractivity contribution is -0.119. The van der Waals surface area contributed by atoms with Crippen LogP contribution in [0, 0.1) is 0 Å². The zero-order valence-electron chi connectivity index (χ0n) is 21.7. The summed E-state index contributed by atoms with van der Waals surface area (Å²) in [5.74, 6) is -0.524. The minimum atomic E-state index is -0.660. The third kappa shape index (κ3) is 5.75. The number of hydrogen-bond acceptors (Lipinski definition) is 4. The van der Waals surface area contributed by atoms with E-state index in [2.05, 4.69) is 0 Å². The Morgan fingerprint density at radius 1 is 0.872 bits per heavy atom. The quantitative estimate of drug-likeness (QED) is 0.444. The first-order valence-corrected chi connectivity index (χ1v) is 13.4. The van der Waals surface area contributed by atoms with Crippen molar-refractivity contribution in [3.63, 3.8) is 0 Å². The molecule has 5 rings (SSSR count). The summed E-state index contributed by atoms with van der Waals surface area (Å²) in [5.41, 5.74) is 4.09. The van der Waals surface area contributed by atoms with E-state index in [-0.39, 0.29) is 37.4 Å². The fourth-order valence-electron chi connectivity index (χ4n) is 4.91. The van der Waals surface area contributed by atoms with E-state index >= 15 is 0 Å². The Kier molecular flexibility index (Phi) is 7.82. The van der Waals surface area contributed by atoms with Gasteiger partial charge in [-0.25, -0.2) is 0 Å². The molecule has 2 aliphatic rings. The van der Waals surface area contributed by atoms with Crippen molar-refractivity contribution in [1.29, 1.82) is 0 Å². The van der Waals surface area contributed by atoms with Crippen LogP contribution in [0.4, 0.5) is 5.69 Å². The molecule has 3 aromatic carbocycles. The zero-order chi connectivity index (χ0) is 27.5. The SMILES string of the molecule is CCC(O)c1ccc2c(c1)N(Cc1ccc(C(=O)N3CC=CC3)cc1)C(=O)CN(C(=O)c1ccc(Cl)cc1)C2. The van der Waals surface area contributed by atoms with Crippen molar-refractivity contribution < 1.29 is 19.5 Å². The first-order valence-electron chi connectivity index (χ1n) is 13.0. The summed E-state index contributed by atoms with van der Waals surface area (Å²) < 4.78 is 0. The maximum atomic E-state index is 13.7. The lowest BCUT2D eigenvalue weighted by Crippen LogP contribution is -2.39. The van der Waals surface area contributed by atoms with E-state index in [1.807, 2.05) is 49.4 Å². The molecule has 0 saturated heterocycles. The first kappa shape index (κ1) is 26.7. The Labute approximate surface area is 232 Å². The van der Waals surface area contributed by atoms with Gasteiger partial charge in [0.25, 0.3) is 11.8 Å². The molecule has 0 spiro atoms. The Bertz CT molecular complexity index is 1410. The second-order valence-electron chi connectivity index (χ2n) is 9.84. The number of aliphatic hydroxyl groups excluding tert-OH is 1. The van der Waals surface area contributed by atoms with Gasteiger partial charge < -0.3 is 19.8 Å². The molecule has 0 saturated carbocycles. The number of nitrogens with zero attached hydrogens (tertiary/aromatic N) is 3. The second-order valence-corrected chi connectivity index (χ2v) is 10.3. The number of rotatable bonds is 6. The van der Waals surface area contributed by atoms with Crippen molar-refractivity contribution in [2.24, 2.45) is 0 Å². The van der Waals surface area contributed by atoms with Crippen LogP contribution in [0.15, 0.2) is 78.9 Å². The van der Waals surface area contributed by atoms with Crippen LogP contribution in [0.25, 0.3) is 0 Å². The monoisotopic (exact) mass is 543 g/mol. The van der Waals surface area contributed by atoms with Crippen LogP contribution in [0.3, 0.4) is 0 Å². The minimum Gasteiger partial charge on any atom is -0.388 e. The summed E-state index contributed by atoms with van der Waals surface area (Å²) in [6.07, 6.45) is 3.82.